The zero-order valence-corrected chi connectivity index (χ0v) is 16.0. The van der Waals surface area contributed by atoms with Crippen LogP contribution >= 0.6 is 0 Å². The first kappa shape index (κ1) is 17.4. The van der Waals surface area contributed by atoms with Gasteiger partial charge in [0.05, 0.1) is 5.69 Å². The molecule has 1 aromatic heterocycles. The lowest BCUT2D eigenvalue weighted by Gasteiger charge is -2.22. The summed E-state index contributed by atoms with van der Waals surface area (Å²) in [5.74, 6) is 0.375. The van der Waals surface area contributed by atoms with Crippen molar-refractivity contribution in [3.05, 3.63) is 99.2 Å². The summed E-state index contributed by atoms with van der Waals surface area (Å²) < 4.78 is 14.0. The molecule has 29 heavy (non-hydrogen) atoms. The van der Waals surface area contributed by atoms with E-state index in [1.807, 2.05) is 48.7 Å². The van der Waals surface area contributed by atoms with Crippen LogP contribution in [0, 0.1) is 19.7 Å². The van der Waals surface area contributed by atoms with Gasteiger partial charge in [-0.25, -0.2) is 9.40 Å². The first-order valence-corrected chi connectivity index (χ1v) is 9.43. The molecule has 2 N–H and O–H groups in total. The zero-order valence-electron chi connectivity index (χ0n) is 16.0. The number of aromatic amines is 1. The third-order valence-corrected chi connectivity index (χ3v) is 5.40. The number of H-pyrrole nitrogens is 1. The van der Waals surface area contributed by atoms with Crippen molar-refractivity contribution in [2.45, 2.75) is 20.0 Å². The minimum Gasteiger partial charge on any atom is -0.352 e. The standard InChI is InChI=1S/C23H19FN4O/c1-13-7-8-15(11-18(13)24)16-9-10-20-26-23(27-28(20)12-16)21-14(2)22(29)17-5-3-4-6-19(17)25-21/h3-12,20H,1-2H3,(H,25,29)(H,26,27). The van der Waals surface area contributed by atoms with Crippen molar-refractivity contribution in [3.8, 4) is 0 Å². The van der Waals surface area contributed by atoms with Crippen LogP contribution in [0.5, 0.6) is 0 Å². The van der Waals surface area contributed by atoms with Crippen LogP contribution in [0.15, 0.2) is 70.7 Å². The average molecular weight is 386 g/mol. The Bertz CT molecular complexity index is 1300. The van der Waals surface area contributed by atoms with Gasteiger partial charge < -0.3 is 10.3 Å². The fourth-order valence-corrected chi connectivity index (χ4v) is 3.67. The number of benzene rings is 2. The van der Waals surface area contributed by atoms with E-state index in [0.29, 0.717) is 28.0 Å². The number of nitrogens with one attached hydrogen (secondary N) is 2. The number of hydrogen-bond donors (Lipinski definition) is 2. The van der Waals surface area contributed by atoms with Crippen LogP contribution in [0.4, 0.5) is 4.39 Å². The van der Waals surface area contributed by atoms with Gasteiger partial charge in [-0.2, -0.15) is 5.10 Å². The highest BCUT2D eigenvalue weighted by Crippen LogP contribution is 2.26. The second-order valence-electron chi connectivity index (χ2n) is 7.33. The molecule has 5 rings (SSSR count). The molecule has 2 aromatic carbocycles. The van der Waals surface area contributed by atoms with E-state index < -0.39 is 0 Å². The van der Waals surface area contributed by atoms with Crippen LogP contribution in [0.1, 0.15) is 22.4 Å². The number of amidine groups is 1. The molecule has 144 valence electrons. The summed E-state index contributed by atoms with van der Waals surface area (Å²) in [5.41, 5.74) is 4.33. The van der Waals surface area contributed by atoms with Crippen LogP contribution in [0.2, 0.25) is 0 Å². The van der Waals surface area contributed by atoms with Gasteiger partial charge >= 0.3 is 0 Å². The Hall–Kier alpha value is -3.67. The van der Waals surface area contributed by atoms with Gasteiger partial charge in [-0.15, -0.1) is 0 Å². The van der Waals surface area contributed by atoms with E-state index in [1.54, 1.807) is 24.9 Å². The molecule has 3 heterocycles. The summed E-state index contributed by atoms with van der Waals surface area (Å²) in [7, 11) is 0. The predicted molar refractivity (Wildman–Crippen MR) is 113 cm³/mol. The van der Waals surface area contributed by atoms with E-state index >= 15 is 0 Å². The Balaban J connectivity index is 1.54. The van der Waals surface area contributed by atoms with Crippen molar-refractivity contribution < 1.29 is 4.39 Å². The minimum absolute atomic E-state index is 0.00868. The summed E-state index contributed by atoms with van der Waals surface area (Å²) in [5, 5.41) is 10.4. The molecule has 0 spiro atoms. The highest BCUT2D eigenvalue weighted by atomic mass is 19.1. The monoisotopic (exact) mass is 386 g/mol. The predicted octanol–water partition coefficient (Wildman–Crippen LogP) is 3.79. The van der Waals surface area contributed by atoms with Crippen LogP contribution < -0.4 is 10.7 Å². The van der Waals surface area contributed by atoms with Crippen LogP contribution in [-0.2, 0) is 0 Å². The van der Waals surface area contributed by atoms with Gasteiger partial charge in [0.2, 0.25) is 0 Å². The van der Waals surface area contributed by atoms with E-state index in [9.17, 15) is 9.18 Å². The van der Waals surface area contributed by atoms with Gasteiger partial charge in [0.15, 0.2) is 11.3 Å². The maximum atomic E-state index is 14.0. The third-order valence-electron chi connectivity index (χ3n) is 5.40. The maximum Gasteiger partial charge on any atom is 0.193 e. The normalized spacial score (nSPS) is 17.8. The lowest BCUT2D eigenvalue weighted by Crippen LogP contribution is -2.36. The summed E-state index contributed by atoms with van der Waals surface area (Å²) in [6.07, 6.45) is 5.65. The van der Waals surface area contributed by atoms with E-state index in [1.165, 1.54) is 6.07 Å². The second-order valence-corrected chi connectivity index (χ2v) is 7.33. The van der Waals surface area contributed by atoms with Gasteiger partial charge in [-0.3, -0.25) is 4.79 Å². The molecule has 2 aliphatic heterocycles. The smallest absolute Gasteiger partial charge is 0.193 e. The Morgan fingerprint density at radius 1 is 1.14 bits per heavy atom. The number of allylic oxidation sites excluding steroid dienone is 2. The molecule has 1 unspecified atom stereocenters. The molecule has 0 aliphatic carbocycles. The first-order chi connectivity index (χ1) is 14.0. The number of halogens is 1. The number of para-hydroxylation sites is 1. The Morgan fingerprint density at radius 2 is 1.97 bits per heavy atom. The van der Waals surface area contributed by atoms with Crippen molar-refractivity contribution >= 4 is 22.3 Å². The maximum absolute atomic E-state index is 14.0. The lowest BCUT2D eigenvalue weighted by molar-refractivity contribution is 0.351. The van der Waals surface area contributed by atoms with Crippen molar-refractivity contribution in [1.29, 1.82) is 0 Å². The second kappa shape index (κ2) is 6.44. The fourth-order valence-electron chi connectivity index (χ4n) is 3.67. The Kier molecular flexibility index (Phi) is 3.87. The molecule has 0 amide bonds. The van der Waals surface area contributed by atoms with Crippen LogP contribution in [0.3, 0.4) is 0 Å². The average Bonchev–Trinajstić information content (AvgIpc) is 3.16. The quantitative estimate of drug-likeness (QED) is 0.705. The number of aromatic nitrogens is 1. The molecule has 1 atom stereocenters. The fraction of sp³-hybridized carbons (Fsp3) is 0.130. The number of hydrogen-bond acceptors (Lipinski definition) is 4. The van der Waals surface area contributed by atoms with E-state index in [0.717, 1.165) is 16.7 Å². The Labute approximate surface area is 166 Å². The lowest BCUT2D eigenvalue weighted by atomic mass is 10.0. The van der Waals surface area contributed by atoms with Crippen molar-refractivity contribution in [3.63, 3.8) is 0 Å². The summed E-state index contributed by atoms with van der Waals surface area (Å²) in [4.78, 5) is 16.1. The number of aryl methyl sites for hydroxylation is 1. The zero-order chi connectivity index (χ0) is 20.1. The van der Waals surface area contributed by atoms with E-state index in [2.05, 4.69) is 15.4 Å². The van der Waals surface area contributed by atoms with E-state index in [-0.39, 0.29) is 17.4 Å². The molecule has 2 aliphatic rings. The number of rotatable bonds is 2. The SMILES string of the molecule is Cc1ccc(C2=CN3N=C(c4[nH]c5ccccc5c(=O)c4C)NC3C=C2)cc1F. The molecular weight excluding hydrogens is 367 g/mol. The highest BCUT2D eigenvalue weighted by molar-refractivity contribution is 6.01. The molecule has 0 saturated carbocycles. The molecule has 0 fully saturated rings. The largest absolute Gasteiger partial charge is 0.352 e. The van der Waals surface area contributed by atoms with Crippen LogP contribution in [0.25, 0.3) is 16.5 Å². The van der Waals surface area contributed by atoms with Gasteiger partial charge in [0.25, 0.3) is 0 Å². The molecule has 0 radical (unpaired) electrons. The number of fused-ring (bicyclic) bond motifs is 2. The molecule has 0 bridgehead atoms. The first-order valence-electron chi connectivity index (χ1n) is 9.43. The molecule has 6 heteroatoms. The summed E-state index contributed by atoms with van der Waals surface area (Å²) >= 11 is 0. The van der Waals surface area contributed by atoms with Gasteiger partial charge in [0, 0.05) is 22.7 Å². The van der Waals surface area contributed by atoms with Gasteiger partial charge in [0.1, 0.15) is 12.0 Å². The highest BCUT2D eigenvalue weighted by Gasteiger charge is 2.27. The summed E-state index contributed by atoms with van der Waals surface area (Å²) in [6, 6.07) is 12.6. The van der Waals surface area contributed by atoms with Crippen LogP contribution in [-0.4, -0.2) is 22.0 Å². The molecular formula is C23H19FN4O. The van der Waals surface area contributed by atoms with Gasteiger partial charge in [-0.05, 0) is 54.8 Å². The Morgan fingerprint density at radius 3 is 2.79 bits per heavy atom. The minimum atomic E-state index is -0.230. The van der Waals surface area contributed by atoms with Gasteiger partial charge in [-0.1, -0.05) is 30.3 Å². The van der Waals surface area contributed by atoms with Crippen molar-refractivity contribution in [2.24, 2.45) is 5.10 Å². The number of pyridine rings is 1. The molecule has 3 aromatic rings. The topological polar surface area (TPSA) is 60.5 Å². The molecule has 0 saturated heterocycles. The van der Waals surface area contributed by atoms with Crippen molar-refractivity contribution in [2.75, 3.05) is 0 Å². The van der Waals surface area contributed by atoms with E-state index in [4.69, 9.17) is 0 Å². The third kappa shape index (κ3) is 2.84. The van der Waals surface area contributed by atoms with Crippen molar-refractivity contribution in [1.82, 2.24) is 15.3 Å². The summed E-state index contributed by atoms with van der Waals surface area (Å²) in [6.45, 7) is 3.54. The molecule has 5 nitrogen and oxygen atoms in total. The number of nitrogens with zero attached hydrogens (tertiary/aromatic N) is 2. The number of hydrazone groups is 1.